The summed E-state index contributed by atoms with van der Waals surface area (Å²) in [7, 11) is 2.99. The monoisotopic (exact) mass is 950 g/mol. The summed E-state index contributed by atoms with van der Waals surface area (Å²) in [6.07, 6.45) is 10.6. The Hall–Kier alpha value is -5.47. The van der Waals surface area contributed by atoms with Crippen LogP contribution in [0.1, 0.15) is 100 Å². The van der Waals surface area contributed by atoms with E-state index in [0.29, 0.717) is 47.0 Å². The summed E-state index contributed by atoms with van der Waals surface area (Å²) >= 11 is 0. The molecular weight excluding hydrogens is 889 g/mol. The first-order chi connectivity index (χ1) is 32.4. The van der Waals surface area contributed by atoms with Crippen LogP contribution in [-0.2, 0) is 42.7 Å². The number of ketones is 1. The van der Waals surface area contributed by atoms with E-state index in [0.717, 1.165) is 0 Å². The normalized spacial score (nSPS) is 30.2. The maximum absolute atomic E-state index is 13.4. The third kappa shape index (κ3) is 11.5. The number of aliphatic hydroxyl groups excluding tert-OH is 1. The number of ether oxygens (including phenoxy) is 14. The lowest BCUT2D eigenvalue weighted by molar-refractivity contribution is -0.152. The van der Waals surface area contributed by atoms with Crippen LogP contribution in [0.15, 0.2) is 48.6 Å². The van der Waals surface area contributed by atoms with Crippen molar-refractivity contribution in [2.75, 3.05) is 41.4 Å². The molecule has 370 valence electrons. The molecule has 6 heterocycles. The minimum absolute atomic E-state index is 0.0148. The van der Waals surface area contributed by atoms with Crippen molar-refractivity contribution in [3.8, 4) is 34.5 Å². The highest BCUT2D eigenvalue weighted by Crippen LogP contribution is 2.46. The van der Waals surface area contributed by atoms with Crippen LogP contribution < -0.4 is 28.4 Å². The molecular formula is C50H62O18. The molecule has 0 saturated carbocycles. The highest BCUT2D eigenvalue weighted by Gasteiger charge is 2.45. The third-order valence-electron chi connectivity index (χ3n) is 12.0. The van der Waals surface area contributed by atoms with Crippen LogP contribution in [-0.4, -0.2) is 119 Å². The number of esters is 2. The van der Waals surface area contributed by atoms with E-state index in [-0.39, 0.29) is 67.4 Å². The average molecular weight is 951 g/mol. The molecule has 1 N–H and O–H groups in total. The van der Waals surface area contributed by atoms with E-state index in [1.165, 1.54) is 20.3 Å². The largest absolute Gasteiger partial charge is 0.466 e. The number of aliphatic hydroxyl groups is 1. The number of cyclic esters (lactones) is 2. The summed E-state index contributed by atoms with van der Waals surface area (Å²) in [5, 5.41) is 10.8. The molecule has 8 rings (SSSR count). The fraction of sp³-hybridized carbons (Fsp3) is 0.540. The van der Waals surface area contributed by atoms with Gasteiger partial charge in [-0.1, -0.05) is 56.4 Å². The first-order valence-corrected chi connectivity index (χ1v) is 22.6. The van der Waals surface area contributed by atoms with Gasteiger partial charge in [-0.05, 0) is 60.5 Å². The number of rotatable bonds is 6. The van der Waals surface area contributed by atoms with Gasteiger partial charge in [0, 0.05) is 49.3 Å². The van der Waals surface area contributed by atoms with E-state index in [1.54, 1.807) is 64.1 Å². The second-order valence-corrected chi connectivity index (χ2v) is 18.0. The van der Waals surface area contributed by atoms with Crippen LogP contribution >= 0.6 is 0 Å². The van der Waals surface area contributed by atoms with Crippen molar-refractivity contribution < 1.29 is 85.8 Å². The molecule has 18 nitrogen and oxygen atoms in total. The molecule has 2 aromatic rings. The Morgan fingerprint density at radius 1 is 0.618 bits per heavy atom. The molecule has 6 aliphatic rings. The number of carbonyl (C=O) groups excluding carboxylic acids is 3. The van der Waals surface area contributed by atoms with Gasteiger partial charge in [0.15, 0.2) is 53.9 Å². The second-order valence-electron chi connectivity index (χ2n) is 18.0. The minimum atomic E-state index is -0.893. The number of hydrogen-bond acceptors (Lipinski definition) is 18. The van der Waals surface area contributed by atoms with Gasteiger partial charge in [0.05, 0.1) is 12.2 Å². The SMILES string of the molecule is COCOc1cc2c(c3c1C(=O)O[C@@H](C)[C@H](C)/C=C\C(=O)[C@H]1OC(C)(C)O[C@H]1CC=C3)OCO2.COCOc1cc2c(c3c1C(=O)O[C@@H](C)[C@H](C)/C=C\C(O)[C@H]1OC(C)(C)O[C@H]1CC=C3)OCO2. The molecule has 0 aromatic heterocycles. The molecule has 6 aliphatic heterocycles. The predicted octanol–water partition coefficient (Wildman–Crippen LogP) is 7.08. The van der Waals surface area contributed by atoms with Gasteiger partial charge < -0.3 is 71.4 Å². The minimum Gasteiger partial charge on any atom is -0.466 e. The van der Waals surface area contributed by atoms with Gasteiger partial charge in [0.1, 0.15) is 53.1 Å². The molecule has 0 aliphatic carbocycles. The topological polar surface area (TPSA) is 201 Å². The molecule has 1 unspecified atom stereocenters. The Balaban J connectivity index is 0.000000201. The van der Waals surface area contributed by atoms with Gasteiger partial charge >= 0.3 is 11.9 Å². The van der Waals surface area contributed by atoms with Gasteiger partial charge in [-0.25, -0.2) is 9.59 Å². The molecule has 9 atom stereocenters. The van der Waals surface area contributed by atoms with E-state index in [9.17, 15) is 19.5 Å². The summed E-state index contributed by atoms with van der Waals surface area (Å²) in [4.78, 5) is 39.6. The van der Waals surface area contributed by atoms with Gasteiger partial charge in [-0.15, -0.1) is 0 Å². The van der Waals surface area contributed by atoms with Crippen LogP contribution in [0.4, 0.5) is 0 Å². The molecule has 0 amide bonds. The van der Waals surface area contributed by atoms with Crippen LogP contribution in [0.5, 0.6) is 34.5 Å². The number of benzene rings is 2. The molecule has 68 heavy (non-hydrogen) atoms. The molecule has 0 radical (unpaired) electrons. The summed E-state index contributed by atoms with van der Waals surface area (Å²) in [6.45, 7) is 14.4. The lowest BCUT2D eigenvalue weighted by Gasteiger charge is -2.23. The molecule has 0 spiro atoms. The summed E-state index contributed by atoms with van der Waals surface area (Å²) in [6, 6.07) is 3.20. The van der Waals surface area contributed by atoms with Crippen molar-refractivity contribution in [2.24, 2.45) is 11.8 Å². The Kier molecular flexibility index (Phi) is 15.9. The van der Waals surface area contributed by atoms with Gasteiger partial charge in [-0.3, -0.25) is 4.79 Å². The standard InChI is InChI=1S/C25H32O9.C25H30O9/c2*1-14-9-10-17(26)23-18(33-25(3,4)34-23)8-6-7-16-21(24(27)32-15(14)2)19(29-12-28-5)11-20-22(16)31-13-30-20/h6-7,9-11,14-15,17-18,23,26H,8,12-13H2,1-5H3;6-7,9-11,14-15,18,23H,8,12-13H2,1-5H3/b2*7-6?,10-9-/t14-,15+,17?,18+,23-;14-,15+,18+,23-/m11/s1. The van der Waals surface area contributed by atoms with E-state index in [2.05, 4.69) is 0 Å². The van der Waals surface area contributed by atoms with Crippen molar-refractivity contribution in [1.82, 2.24) is 0 Å². The Labute approximate surface area is 395 Å². The smallest absolute Gasteiger partial charge is 0.342 e. The van der Waals surface area contributed by atoms with Crippen LogP contribution in [0.3, 0.4) is 0 Å². The Morgan fingerprint density at radius 3 is 1.63 bits per heavy atom. The Bertz CT molecular complexity index is 2290. The zero-order chi connectivity index (χ0) is 48.9. The van der Waals surface area contributed by atoms with Crippen molar-refractivity contribution in [3.63, 3.8) is 0 Å². The highest BCUT2D eigenvalue weighted by molar-refractivity contribution is 6.00. The summed E-state index contributed by atoms with van der Waals surface area (Å²) < 4.78 is 79.4. The number of hydrogen-bond donors (Lipinski definition) is 1. The fourth-order valence-corrected chi connectivity index (χ4v) is 8.25. The van der Waals surface area contributed by atoms with Gasteiger partial charge in [0.25, 0.3) is 0 Å². The van der Waals surface area contributed by atoms with E-state index in [4.69, 9.17) is 66.3 Å². The molecule has 18 heteroatoms. The maximum atomic E-state index is 13.4. The quantitative estimate of drug-likeness (QED) is 0.175. The molecule has 2 fully saturated rings. The maximum Gasteiger partial charge on any atom is 0.342 e. The van der Waals surface area contributed by atoms with Crippen molar-refractivity contribution in [1.29, 1.82) is 0 Å². The zero-order valence-electron chi connectivity index (χ0n) is 40.1. The second kappa shape index (κ2) is 21.4. The van der Waals surface area contributed by atoms with Crippen LogP contribution in [0.25, 0.3) is 12.2 Å². The highest BCUT2D eigenvalue weighted by atomic mass is 16.8. The first kappa shape index (κ1) is 50.4. The number of fused-ring (bicyclic) bond motifs is 8. The lowest BCUT2D eigenvalue weighted by atomic mass is 9.98. The molecule has 2 aromatic carbocycles. The third-order valence-corrected chi connectivity index (χ3v) is 12.0. The fourth-order valence-electron chi connectivity index (χ4n) is 8.25. The number of carbonyl (C=O) groups is 3. The van der Waals surface area contributed by atoms with Crippen LogP contribution in [0.2, 0.25) is 0 Å². The van der Waals surface area contributed by atoms with E-state index >= 15 is 0 Å². The van der Waals surface area contributed by atoms with Crippen LogP contribution in [0, 0.1) is 11.8 Å². The molecule has 2 saturated heterocycles. The summed E-state index contributed by atoms with van der Waals surface area (Å²) in [5.41, 5.74) is 1.36. The zero-order valence-corrected chi connectivity index (χ0v) is 40.1. The molecule has 0 bridgehead atoms. The Morgan fingerprint density at radius 2 is 1.10 bits per heavy atom. The number of methoxy groups -OCH3 is 2. The van der Waals surface area contributed by atoms with Crippen molar-refractivity contribution in [2.45, 2.75) is 123 Å². The van der Waals surface area contributed by atoms with Gasteiger partial charge in [0.2, 0.25) is 13.6 Å². The van der Waals surface area contributed by atoms with Gasteiger partial charge in [-0.2, -0.15) is 0 Å². The van der Waals surface area contributed by atoms with Crippen molar-refractivity contribution >= 4 is 29.9 Å². The van der Waals surface area contributed by atoms with E-state index < -0.39 is 66.2 Å². The van der Waals surface area contributed by atoms with Crippen molar-refractivity contribution in [3.05, 3.63) is 70.8 Å². The summed E-state index contributed by atoms with van der Waals surface area (Å²) in [5.74, 6) is -1.19. The lowest BCUT2D eigenvalue weighted by Crippen LogP contribution is -2.34. The first-order valence-electron chi connectivity index (χ1n) is 22.6. The predicted molar refractivity (Wildman–Crippen MR) is 242 cm³/mol. The average Bonchev–Trinajstić information content (AvgIpc) is 4.09. The van der Waals surface area contributed by atoms with E-state index in [1.807, 2.05) is 45.9 Å².